The topological polar surface area (TPSA) is 32.3 Å². The number of nitrogens with zero attached hydrogens (tertiary/aromatic N) is 1. The normalized spacial score (nSPS) is 19.5. The molecule has 2 heterocycles. The molecule has 23 heavy (non-hydrogen) atoms. The average Bonchev–Trinajstić information content (AvgIpc) is 2.99. The molecule has 0 radical (unpaired) electrons. The Morgan fingerprint density at radius 3 is 2.87 bits per heavy atom. The summed E-state index contributed by atoms with van der Waals surface area (Å²) in [5.41, 5.74) is 4.07. The summed E-state index contributed by atoms with van der Waals surface area (Å²) in [6, 6.07) is 11.1. The van der Waals surface area contributed by atoms with Crippen LogP contribution in [0, 0.1) is 0 Å². The molecule has 0 saturated carbocycles. The molecule has 1 aliphatic heterocycles. The van der Waals surface area contributed by atoms with E-state index >= 15 is 0 Å². The van der Waals surface area contributed by atoms with Gasteiger partial charge in [-0.2, -0.15) is 0 Å². The molecule has 0 bridgehead atoms. The highest BCUT2D eigenvalue weighted by atomic mass is 35.5. The van der Waals surface area contributed by atoms with Gasteiger partial charge in [-0.15, -0.1) is 23.7 Å². The minimum absolute atomic E-state index is 0. The number of hydrogen-bond acceptors (Lipinski definition) is 3. The molecule has 1 aromatic carbocycles. The summed E-state index contributed by atoms with van der Waals surface area (Å²) in [6.45, 7) is 4.64. The van der Waals surface area contributed by atoms with Crippen LogP contribution in [0.3, 0.4) is 0 Å². The minimum atomic E-state index is 0. The highest BCUT2D eigenvalue weighted by molar-refractivity contribution is 7.17. The monoisotopic (exact) mass is 348 g/mol. The predicted octanol–water partition coefficient (Wildman–Crippen LogP) is 3.37. The van der Waals surface area contributed by atoms with Crippen molar-refractivity contribution < 1.29 is 4.79 Å². The van der Waals surface area contributed by atoms with Crippen LogP contribution in [-0.2, 0) is 12.8 Å². The zero-order valence-corrected chi connectivity index (χ0v) is 14.8. The fourth-order valence-electron chi connectivity index (χ4n) is 3.45. The van der Waals surface area contributed by atoms with Crippen molar-refractivity contribution in [2.45, 2.75) is 25.8 Å². The fraction of sp³-hybridized carbons (Fsp3) is 0.389. The number of aryl methyl sites for hydroxylation is 2. The zero-order chi connectivity index (χ0) is 15.1. The molecule has 4 rings (SSSR count). The van der Waals surface area contributed by atoms with Crippen molar-refractivity contribution in [3.8, 4) is 10.4 Å². The van der Waals surface area contributed by atoms with E-state index in [2.05, 4.69) is 42.6 Å². The van der Waals surface area contributed by atoms with Gasteiger partial charge in [0.1, 0.15) is 0 Å². The molecule has 1 saturated heterocycles. The molecule has 5 heteroatoms. The Morgan fingerprint density at radius 2 is 2.04 bits per heavy atom. The number of nitrogens with one attached hydrogen (secondary N) is 1. The molecular formula is C18H21ClN2OS. The Bertz CT molecular complexity index is 728. The Kier molecular flexibility index (Phi) is 4.76. The van der Waals surface area contributed by atoms with Gasteiger partial charge in [0, 0.05) is 30.6 Å². The third-order valence-corrected chi connectivity index (χ3v) is 5.80. The van der Waals surface area contributed by atoms with Gasteiger partial charge in [-0.3, -0.25) is 4.79 Å². The van der Waals surface area contributed by atoms with Crippen molar-refractivity contribution in [3.05, 3.63) is 46.3 Å². The first kappa shape index (κ1) is 16.5. The van der Waals surface area contributed by atoms with E-state index in [1.54, 1.807) is 11.3 Å². The fourth-order valence-corrected chi connectivity index (χ4v) is 4.69. The van der Waals surface area contributed by atoms with Crippen molar-refractivity contribution in [2.75, 3.05) is 19.6 Å². The van der Waals surface area contributed by atoms with Gasteiger partial charge in [-0.05, 0) is 42.5 Å². The smallest absolute Gasteiger partial charge is 0.264 e. The molecule has 2 aliphatic rings. The maximum atomic E-state index is 12.8. The van der Waals surface area contributed by atoms with Crippen molar-refractivity contribution in [3.63, 3.8) is 0 Å². The van der Waals surface area contributed by atoms with Crippen LogP contribution < -0.4 is 5.32 Å². The maximum absolute atomic E-state index is 12.8. The molecule has 2 aromatic rings. The van der Waals surface area contributed by atoms with Crippen molar-refractivity contribution in [1.82, 2.24) is 10.2 Å². The first-order chi connectivity index (χ1) is 10.7. The lowest BCUT2D eigenvalue weighted by atomic mass is 9.91. The molecule has 1 aliphatic carbocycles. The molecule has 1 fully saturated rings. The highest BCUT2D eigenvalue weighted by Crippen LogP contribution is 2.39. The largest absolute Gasteiger partial charge is 0.335 e. The second-order valence-electron chi connectivity index (χ2n) is 6.23. The Morgan fingerprint density at radius 1 is 1.26 bits per heavy atom. The quantitative estimate of drug-likeness (QED) is 0.857. The third-order valence-electron chi connectivity index (χ3n) is 4.60. The Labute approximate surface area is 147 Å². The van der Waals surface area contributed by atoms with Crippen molar-refractivity contribution in [1.29, 1.82) is 0 Å². The number of carbonyl (C=O) groups is 1. The first-order valence-electron chi connectivity index (χ1n) is 7.96. The van der Waals surface area contributed by atoms with Gasteiger partial charge in [-0.25, -0.2) is 0 Å². The molecule has 1 amide bonds. The van der Waals surface area contributed by atoms with Crippen LogP contribution in [-0.4, -0.2) is 36.5 Å². The van der Waals surface area contributed by atoms with E-state index in [-0.39, 0.29) is 18.3 Å². The van der Waals surface area contributed by atoms with E-state index in [1.165, 1.54) is 21.6 Å². The van der Waals surface area contributed by atoms with Gasteiger partial charge in [0.15, 0.2) is 0 Å². The number of amides is 1. The summed E-state index contributed by atoms with van der Waals surface area (Å²) < 4.78 is 0. The van der Waals surface area contributed by atoms with Crippen LogP contribution in [0.4, 0.5) is 0 Å². The molecule has 1 atom stereocenters. The lowest BCUT2D eigenvalue weighted by Crippen LogP contribution is -2.51. The van der Waals surface area contributed by atoms with Crippen LogP contribution in [0.25, 0.3) is 10.4 Å². The molecular weight excluding hydrogens is 328 g/mol. The summed E-state index contributed by atoms with van der Waals surface area (Å²) in [7, 11) is 0. The molecule has 0 spiro atoms. The van der Waals surface area contributed by atoms with Crippen LogP contribution in [0.5, 0.6) is 0 Å². The number of carbonyl (C=O) groups excluding carboxylic acids is 1. The highest BCUT2D eigenvalue weighted by Gasteiger charge is 2.26. The molecule has 122 valence electrons. The standard InChI is InChI=1S/C18H20N2OS.ClH/c1-12-11-20(9-8-19-12)18(21)16-10-14-7-6-13-4-2-3-5-15(13)17(14)22-16;/h2-5,10,12,19H,6-9,11H2,1H3;1H. The van der Waals surface area contributed by atoms with Crippen molar-refractivity contribution >= 4 is 29.7 Å². The lowest BCUT2D eigenvalue weighted by Gasteiger charge is -2.31. The first-order valence-corrected chi connectivity index (χ1v) is 8.77. The number of piperazine rings is 1. The number of rotatable bonds is 1. The minimum Gasteiger partial charge on any atom is -0.335 e. The molecule has 1 aromatic heterocycles. The van der Waals surface area contributed by atoms with Crippen LogP contribution in [0.15, 0.2) is 30.3 Å². The van der Waals surface area contributed by atoms with E-state index in [0.29, 0.717) is 6.04 Å². The molecule has 1 N–H and O–H groups in total. The molecule has 1 unspecified atom stereocenters. The van der Waals surface area contributed by atoms with Gasteiger partial charge in [0.2, 0.25) is 0 Å². The van der Waals surface area contributed by atoms with E-state index < -0.39 is 0 Å². The number of benzene rings is 1. The van der Waals surface area contributed by atoms with Crippen molar-refractivity contribution in [2.24, 2.45) is 0 Å². The zero-order valence-electron chi connectivity index (χ0n) is 13.2. The summed E-state index contributed by atoms with van der Waals surface area (Å²) in [5.74, 6) is 0.199. The van der Waals surface area contributed by atoms with Gasteiger partial charge < -0.3 is 10.2 Å². The molecule has 3 nitrogen and oxygen atoms in total. The number of hydrogen-bond donors (Lipinski definition) is 1. The number of fused-ring (bicyclic) bond motifs is 3. The second-order valence-corrected chi connectivity index (χ2v) is 7.28. The summed E-state index contributed by atoms with van der Waals surface area (Å²) in [6.07, 6.45) is 2.13. The van der Waals surface area contributed by atoms with Crippen LogP contribution >= 0.6 is 23.7 Å². The summed E-state index contributed by atoms with van der Waals surface area (Å²) in [4.78, 5) is 17.0. The van der Waals surface area contributed by atoms with Gasteiger partial charge >= 0.3 is 0 Å². The maximum Gasteiger partial charge on any atom is 0.264 e. The number of halogens is 1. The van der Waals surface area contributed by atoms with Crippen LogP contribution in [0.2, 0.25) is 0 Å². The van der Waals surface area contributed by atoms with E-state index in [0.717, 1.165) is 37.4 Å². The lowest BCUT2D eigenvalue weighted by molar-refractivity contribution is 0.0714. The average molecular weight is 349 g/mol. The Balaban J connectivity index is 0.00000156. The third kappa shape index (κ3) is 3.03. The Hall–Kier alpha value is -1.36. The van der Waals surface area contributed by atoms with E-state index in [1.807, 2.05) is 4.90 Å². The van der Waals surface area contributed by atoms with Crippen LogP contribution in [0.1, 0.15) is 27.7 Å². The summed E-state index contributed by atoms with van der Waals surface area (Å²) in [5, 5.41) is 3.39. The SMILES string of the molecule is CC1CN(C(=O)c2cc3c(s2)-c2ccccc2CC3)CCN1.Cl. The van der Waals surface area contributed by atoms with E-state index in [9.17, 15) is 4.79 Å². The number of thiophene rings is 1. The van der Waals surface area contributed by atoms with E-state index in [4.69, 9.17) is 0 Å². The van der Waals surface area contributed by atoms with Gasteiger partial charge in [-0.1, -0.05) is 24.3 Å². The predicted molar refractivity (Wildman–Crippen MR) is 97.8 cm³/mol. The second kappa shape index (κ2) is 6.63. The van der Waals surface area contributed by atoms with Gasteiger partial charge in [0.05, 0.1) is 4.88 Å². The van der Waals surface area contributed by atoms with Gasteiger partial charge in [0.25, 0.3) is 5.91 Å². The summed E-state index contributed by atoms with van der Waals surface area (Å²) >= 11 is 1.67.